The molecule has 0 saturated carbocycles. The molecule has 0 heterocycles. The summed E-state index contributed by atoms with van der Waals surface area (Å²) in [6.07, 6.45) is 0. The molecule has 0 atom stereocenters. The first-order chi connectivity index (χ1) is 12.8. The Morgan fingerprint density at radius 3 is 2.31 bits per heavy atom. The molecule has 0 bridgehead atoms. The number of para-hydroxylation sites is 1. The Morgan fingerprint density at radius 1 is 0.808 bits per heavy atom. The SMILES string of the molecule is CCOc1cccc(CNc2ccc(C)cc2)c1OCc1ccccc1. The quantitative estimate of drug-likeness (QED) is 0.576. The van der Waals surface area contributed by atoms with Crippen LogP contribution in [0.4, 0.5) is 5.69 Å². The summed E-state index contributed by atoms with van der Waals surface area (Å²) in [4.78, 5) is 0. The van der Waals surface area contributed by atoms with Gasteiger partial charge in [0.2, 0.25) is 0 Å². The highest BCUT2D eigenvalue weighted by Gasteiger charge is 2.11. The van der Waals surface area contributed by atoms with E-state index in [9.17, 15) is 0 Å². The van der Waals surface area contributed by atoms with Crippen LogP contribution in [0.3, 0.4) is 0 Å². The van der Waals surface area contributed by atoms with E-state index in [4.69, 9.17) is 9.47 Å². The first-order valence-electron chi connectivity index (χ1n) is 8.98. The molecule has 3 nitrogen and oxygen atoms in total. The van der Waals surface area contributed by atoms with Crippen LogP contribution in [0.2, 0.25) is 0 Å². The fourth-order valence-electron chi connectivity index (χ4n) is 2.73. The summed E-state index contributed by atoms with van der Waals surface area (Å²) in [6, 6.07) is 24.6. The summed E-state index contributed by atoms with van der Waals surface area (Å²) in [5, 5.41) is 3.46. The molecule has 0 radical (unpaired) electrons. The molecule has 0 aliphatic rings. The van der Waals surface area contributed by atoms with Crippen molar-refractivity contribution >= 4 is 5.69 Å². The van der Waals surface area contributed by atoms with E-state index in [2.05, 4.69) is 54.7 Å². The number of aryl methyl sites for hydroxylation is 1. The smallest absolute Gasteiger partial charge is 0.166 e. The van der Waals surface area contributed by atoms with Crippen molar-refractivity contribution in [2.24, 2.45) is 0 Å². The Hall–Kier alpha value is -2.94. The van der Waals surface area contributed by atoms with Crippen molar-refractivity contribution in [3.8, 4) is 11.5 Å². The highest BCUT2D eigenvalue weighted by Crippen LogP contribution is 2.32. The van der Waals surface area contributed by atoms with Gasteiger partial charge in [0.1, 0.15) is 6.61 Å². The second kappa shape index (κ2) is 8.95. The van der Waals surface area contributed by atoms with Crippen LogP contribution >= 0.6 is 0 Å². The monoisotopic (exact) mass is 347 g/mol. The fourth-order valence-corrected chi connectivity index (χ4v) is 2.73. The molecule has 3 heteroatoms. The molecule has 3 aromatic carbocycles. The van der Waals surface area contributed by atoms with Crippen LogP contribution in [0.5, 0.6) is 11.5 Å². The van der Waals surface area contributed by atoms with E-state index in [0.29, 0.717) is 19.8 Å². The average molecular weight is 347 g/mol. The Balaban J connectivity index is 1.76. The largest absolute Gasteiger partial charge is 0.490 e. The lowest BCUT2D eigenvalue weighted by Gasteiger charge is -2.17. The minimum absolute atomic E-state index is 0.516. The summed E-state index contributed by atoms with van der Waals surface area (Å²) in [6.45, 7) is 5.87. The summed E-state index contributed by atoms with van der Waals surface area (Å²) in [5.74, 6) is 1.59. The van der Waals surface area contributed by atoms with Gasteiger partial charge in [-0.1, -0.05) is 60.2 Å². The third-order valence-electron chi connectivity index (χ3n) is 4.12. The van der Waals surface area contributed by atoms with E-state index in [-0.39, 0.29) is 0 Å². The van der Waals surface area contributed by atoms with E-state index in [1.54, 1.807) is 0 Å². The van der Waals surface area contributed by atoms with Gasteiger partial charge < -0.3 is 14.8 Å². The molecule has 0 spiro atoms. The minimum atomic E-state index is 0.516. The van der Waals surface area contributed by atoms with Crippen molar-refractivity contribution < 1.29 is 9.47 Å². The number of hydrogen-bond acceptors (Lipinski definition) is 3. The number of rotatable bonds is 8. The summed E-state index contributed by atoms with van der Waals surface area (Å²) in [7, 11) is 0. The molecular formula is C23H25NO2. The first kappa shape index (κ1) is 17.9. The van der Waals surface area contributed by atoms with Crippen molar-refractivity contribution in [1.82, 2.24) is 0 Å². The molecule has 134 valence electrons. The molecule has 3 aromatic rings. The van der Waals surface area contributed by atoms with Gasteiger partial charge in [-0.2, -0.15) is 0 Å². The molecular weight excluding hydrogens is 322 g/mol. The zero-order valence-corrected chi connectivity index (χ0v) is 15.4. The number of anilines is 1. The summed E-state index contributed by atoms with van der Waals surface area (Å²) in [5.41, 5.74) is 4.55. The van der Waals surface area contributed by atoms with Gasteiger partial charge >= 0.3 is 0 Å². The average Bonchev–Trinajstić information content (AvgIpc) is 2.68. The number of nitrogens with one attached hydrogen (secondary N) is 1. The topological polar surface area (TPSA) is 30.5 Å². The Bertz CT molecular complexity index is 813. The van der Waals surface area contributed by atoms with Crippen molar-refractivity contribution in [3.63, 3.8) is 0 Å². The lowest BCUT2D eigenvalue weighted by Crippen LogP contribution is -2.06. The van der Waals surface area contributed by atoms with E-state index >= 15 is 0 Å². The molecule has 3 rings (SSSR count). The molecule has 1 N–H and O–H groups in total. The Kier molecular flexibility index (Phi) is 6.15. The van der Waals surface area contributed by atoms with Crippen LogP contribution in [0.25, 0.3) is 0 Å². The molecule has 0 unspecified atom stereocenters. The van der Waals surface area contributed by atoms with Crippen molar-refractivity contribution in [2.45, 2.75) is 27.0 Å². The molecule has 26 heavy (non-hydrogen) atoms. The van der Waals surface area contributed by atoms with Crippen LogP contribution in [0.1, 0.15) is 23.6 Å². The third kappa shape index (κ3) is 4.79. The van der Waals surface area contributed by atoms with E-state index in [0.717, 1.165) is 28.3 Å². The highest BCUT2D eigenvalue weighted by atomic mass is 16.5. The van der Waals surface area contributed by atoms with Gasteiger partial charge in [0, 0.05) is 17.8 Å². The molecule has 0 amide bonds. The maximum atomic E-state index is 6.15. The predicted molar refractivity (Wildman–Crippen MR) is 107 cm³/mol. The molecule has 0 aliphatic carbocycles. The van der Waals surface area contributed by atoms with Crippen molar-refractivity contribution in [2.75, 3.05) is 11.9 Å². The second-order valence-corrected chi connectivity index (χ2v) is 6.17. The van der Waals surface area contributed by atoms with Crippen LogP contribution < -0.4 is 14.8 Å². The van der Waals surface area contributed by atoms with Gasteiger partial charge in [-0.3, -0.25) is 0 Å². The fraction of sp³-hybridized carbons (Fsp3) is 0.217. The van der Waals surface area contributed by atoms with E-state index in [1.165, 1.54) is 5.56 Å². The number of ether oxygens (including phenoxy) is 2. The lowest BCUT2D eigenvalue weighted by atomic mass is 10.1. The van der Waals surface area contributed by atoms with Gasteiger partial charge in [0.15, 0.2) is 11.5 Å². The second-order valence-electron chi connectivity index (χ2n) is 6.17. The number of hydrogen-bond donors (Lipinski definition) is 1. The van der Waals surface area contributed by atoms with Gasteiger partial charge in [0.05, 0.1) is 6.61 Å². The summed E-state index contributed by atoms with van der Waals surface area (Å²) < 4.78 is 11.9. The van der Waals surface area contributed by atoms with Crippen molar-refractivity contribution in [1.29, 1.82) is 0 Å². The van der Waals surface area contributed by atoms with Crippen LogP contribution in [0.15, 0.2) is 72.8 Å². The number of benzene rings is 3. The van der Waals surface area contributed by atoms with Crippen LogP contribution in [-0.2, 0) is 13.2 Å². The molecule has 0 fully saturated rings. The third-order valence-corrected chi connectivity index (χ3v) is 4.12. The minimum Gasteiger partial charge on any atom is -0.490 e. The summed E-state index contributed by atoms with van der Waals surface area (Å²) >= 11 is 0. The van der Waals surface area contributed by atoms with E-state index in [1.807, 2.05) is 37.3 Å². The van der Waals surface area contributed by atoms with Gasteiger partial charge in [-0.25, -0.2) is 0 Å². The Labute approximate surface area is 155 Å². The van der Waals surface area contributed by atoms with Gasteiger partial charge in [0.25, 0.3) is 0 Å². The molecule has 0 saturated heterocycles. The molecule has 0 aromatic heterocycles. The van der Waals surface area contributed by atoms with E-state index < -0.39 is 0 Å². The maximum absolute atomic E-state index is 6.15. The maximum Gasteiger partial charge on any atom is 0.166 e. The highest BCUT2D eigenvalue weighted by molar-refractivity contribution is 5.50. The first-order valence-corrected chi connectivity index (χ1v) is 8.98. The zero-order chi connectivity index (χ0) is 18.2. The van der Waals surface area contributed by atoms with Crippen LogP contribution in [-0.4, -0.2) is 6.61 Å². The zero-order valence-electron chi connectivity index (χ0n) is 15.4. The normalized spacial score (nSPS) is 10.4. The Morgan fingerprint density at radius 2 is 1.58 bits per heavy atom. The van der Waals surface area contributed by atoms with Crippen molar-refractivity contribution in [3.05, 3.63) is 89.5 Å². The molecule has 0 aliphatic heterocycles. The van der Waals surface area contributed by atoms with Crippen LogP contribution in [0, 0.1) is 6.92 Å². The lowest BCUT2D eigenvalue weighted by molar-refractivity contribution is 0.267. The standard InChI is InChI=1S/C23H25NO2/c1-3-25-22-11-7-10-20(16-24-21-14-12-18(2)13-15-21)23(22)26-17-19-8-5-4-6-9-19/h4-15,24H,3,16-17H2,1-2H3. The van der Waals surface area contributed by atoms with Gasteiger partial charge in [-0.15, -0.1) is 0 Å². The van der Waals surface area contributed by atoms with Gasteiger partial charge in [-0.05, 0) is 37.6 Å². The predicted octanol–water partition coefficient (Wildman–Crippen LogP) is 5.58.